The van der Waals surface area contributed by atoms with Crippen molar-refractivity contribution in [1.29, 1.82) is 0 Å². The van der Waals surface area contributed by atoms with Crippen molar-refractivity contribution in [3.05, 3.63) is 71.8 Å². The number of fused-ring (bicyclic) bond motifs is 1. The second-order valence-electron chi connectivity index (χ2n) is 6.13. The average molecular weight is 348 g/mol. The van der Waals surface area contributed by atoms with Gasteiger partial charge in [0.05, 0.1) is 13.0 Å². The van der Waals surface area contributed by atoms with Gasteiger partial charge in [-0.25, -0.2) is 0 Å². The predicted molar refractivity (Wildman–Crippen MR) is 103 cm³/mol. The van der Waals surface area contributed by atoms with Gasteiger partial charge in [0.2, 0.25) is 11.8 Å². The lowest BCUT2D eigenvalue weighted by Crippen LogP contribution is -2.19. The van der Waals surface area contributed by atoms with Gasteiger partial charge in [-0.3, -0.25) is 9.59 Å². The summed E-state index contributed by atoms with van der Waals surface area (Å²) >= 11 is 0. The van der Waals surface area contributed by atoms with Crippen LogP contribution in [0.1, 0.15) is 28.8 Å². The highest BCUT2D eigenvalue weighted by Crippen LogP contribution is 2.26. The van der Waals surface area contributed by atoms with Crippen molar-refractivity contribution < 1.29 is 14.3 Å². The van der Waals surface area contributed by atoms with E-state index in [-0.39, 0.29) is 11.8 Å². The normalized spacial score (nSPS) is 11.8. The first-order valence-corrected chi connectivity index (χ1v) is 8.26. The summed E-state index contributed by atoms with van der Waals surface area (Å²) in [6, 6.07) is 18.3. The van der Waals surface area contributed by atoms with E-state index in [9.17, 15) is 9.59 Å². The van der Waals surface area contributed by atoms with Crippen molar-refractivity contribution in [3.8, 4) is 5.75 Å². The smallest absolute Gasteiger partial charge is 0.248 e. The molecule has 0 radical (unpaired) electrons. The van der Waals surface area contributed by atoms with E-state index < -0.39 is 5.91 Å². The van der Waals surface area contributed by atoms with Crippen LogP contribution < -0.4 is 15.8 Å². The summed E-state index contributed by atoms with van der Waals surface area (Å²) in [5, 5.41) is 4.97. The maximum Gasteiger partial charge on any atom is 0.248 e. The first kappa shape index (κ1) is 17.5. The molecule has 0 saturated heterocycles. The molecule has 0 unspecified atom stereocenters. The molecule has 26 heavy (non-hydrogen) atoms. The van der Waals surface area contributed by atoms with Crippen LogP contribution in [-0.4, -0.2) is 18.9 Å². The Kier molecular flexibility index (Phi) is 4.89. The Morgan fingerprint density at radius 3 is 2.27 bits per heavy atom. The largest absolute Gasteiger partial charge is 0.497 e. The number of hydrogen-bond acceptors (Lipinski definition) is 3. The molecule has 0 bridgehead atoms. The molecule has 0 heterocycles. The monoisotopic (exact) mass is 348 g/mol. The van der Waals surface area contributed by atoms with Crippen LogP contribution in [0, 0.1) is 0 Å². The van der Waals surface area contributed by atoms with E-state index in [1.165, 1.54) is 0 Å². The van der Waals surface area contributed by atoms with E-state index in [1.54, 1.807) is 31.4 Å². The van der Waals surface area contributed by atoms with Crippen LogP contribution in [0.15, 0.2) is 60.7 Å². The molecular formula is C21H20N2O3. The standard InChI is InChI=1S/C21H20N2O3/c1-13(21(25)23-18-8-5-14(6-9-18)20(22)24)15-3-4-17-12-19(26-2)10-7-16(17)11-15/h3-13H,1-2H3,(H2,22,24)(H,23,25)/t13-/m1/s1. The molecule has 1 atom stereocenters. The van der Waals surface area contributed by atoms with Gasteiger partial charge in [0.25, 0.3) is 0 Å². The van der Waals surface area contributed by atoms with Crippen molar-refractivity contribution in [1.82, 2.24) is 0 Å². The first-order chi connectivity index (χ1) is 12.5. The number of rotatable bonds is 5. The summed E-state index contributed by atoms with van der Waals surface area (Å²) in [4.78, 5) is 23.6. The van der Waals surface area contributed by atoms with Gasteiger partial charge in [0.15, 0.2) is 0 Å². The number of nitrogens with two attached hydrogens (primary N) is 1. The third-order valence-electron chi connectivity index (χ3n) is 4.40. The molecule has 0 aliphatic carbocycles. The van der Waals surface area contributed by atoms with Crippen molar-refractivity contribution >= 4 is 28.3 Å². The minimum absolute atomic E-state index is 0.121. The van der Waals surface area contributed by atoms with Crippen LogP contribution in [0.2, 0.25) is 0 Å². The highest BCUT2D eigenvalue weighted by molar-refractivity contribution is 5.97. The van der Waals surface area contributed by atoms with Crippen molar-refractivity contribution in [2.45, 2.75) is 12.8 Å². The van der Waals surface area contributed by atoms with Gasteiger partial charge in [-0.2, -0.15) is 0 Å². The second-order valence-corrected chi connectivity index (χ2v) is 6.13. The Morgan fingerprint density at radius 1 is 0.962 bits per heavy atom. The molecule has 0 fully saturated rings. The van der Waals surface area contributed by atoms with Gasteiger partial charge >= 0.3 is 0 Å². The fourth-order valence-corrected chi connectivity index (χ4v) is 2.76. The molecule has 0 aliphatic rings. The number of carbonyl (C=O) groups is 2. The molecule has 3 aromatic rings. The third-order valence-corrected chi connectivity index (χ3v) is 4.40. The minimum Gasteiger partial charge on any atom is -0.497 e. The molecule has 5 nitrogen and oxygen atoms in total. The van der Waals surface area contributed by atoms with Crippen molar-refractivity contribution in [3.63, 3.8) is 0 Å². The maximum absolute atomic E-state index is 12.5. The predicted octanol–water partition coefficient (Wildman–Crippen LogP) is 3.69. The third kappa shape index (κ3) is 3.67. The lowest BCUT2D eigenvalue weighted by Gasteiger charge is -2.14. The fourth-order valence-electron chi connectivity index (χ4n) is 2.76. The summed E-state index contributed by atoms with van der Waals surface area (Å²) in [6.07, 6.45) is 0. The summed E-state index contributed by atoms with van der Waals surface area (Å²) in [5.74, 6) is -0.138. The number of primary amides is 1. The highest BCUT2D eigenvalue weighted by atomic mass is 16.5. The summed E-state index contributed by atoms with van der Waals surface area (Å²) in [7, 11) is 1.64. The number of hydrogen-bond donors (Lipinski definition) is 2. The molecule has 2 amide bonds. The zero-order chi connectivity index (χ0) is 18.7. The summed E-state index contributed by atoms with van der Waals surface area (Å²) < 4.78 is 5.23. The lowest BCUT2D eigenvalue weighted by molar-refractivity contribution is -0.117. The van der Waals surface area contributed by atoms with E-state index in [1.807, 2.05) is 43.3 Å². The van der Waals surface area contributed by atoms with Crippen LogP contribution in [0.25, 0.3) is 10.8 Å². The maximum atomic E-state index is 12.5. The summed E-state index contributed by atoms with van der Waals surface area (Å²) in [6.45, 7) is 1.86. The quantitative estimate of drug-likeness (QED) is 0.738. The Hall–Kier alpha value is -3.34. The molecule has 3 aromatic carbocycles. The number of carbonyl (C=O) groups excluding carboxylic acids is 2. The molecular weight excluding hydrogens is 328 g/mol. The Labute approximate surface area is 151 Å². The van der Waals surface area contributed by atoms with Gasteiger partial charge < -0.3 is 15.8 Å². The Balaban J connectivity index is 1.77. The van der Waals surface area contributed by atoms with E-state index in [4.69, 9.17) is 10.5 Å². The first-order valence-electron chi connectivity index (χ1n) is 8.26. The van der Waals surface area contributed by atoms with E-state index >= 15 is 0 Å². The minimum atomic E-state index is -0.496. The Bertz CT molecular complexity index is 965. The molecule has 132 valence electrons. The lowest BCUT2D eigenvalue weighted by atomic mass is 9.97. The number of ether oxygens (including phenoxy) is 1. The van der Waals surface area contributed by atoms with Crippen LogP contribution >= 0.6 is 0 Å². The molecule has 0 spiro atoms. The molecule has 0 saturated carbocycles. The number of nitrogens with one attached hydrogen (secondary N) is 1. The van der Waals surface area contributed by atoms with Crippen LogP contribution in [-0.2, 0) is 4.79 Å². The highest BCUT2D eigenvalue weighted by Gasteiger charge is 2.16. The van der Waals surface area contributed by atoms with Gasteiger partial charge in [0, 0.05) is 11.3 Å². The van der Waals surface area contributed by atoms with Gasteiger partial charge in [-0.05, 0) is 59.7 Å². The zero-order valence-corrected chi connectivity index (χ0v) is 14.7. The molecule has 3 rings (SSSR count). The van der Waals surface area contributed by atoms with Gasteiger partial charge in [0.1, 0.15) is 5.75 Å². The Morgan fingerprint density at radius 2 is 1.62 bits per heavy atom. The van der Waals surface area contributed by atoms with Crippen LogP contribution in [0.3, 0.4) is 0 Å². The second kappa shape index (κ2) is 7.27. The molecule has 0 aliphatic heterocycles. The topological polar surface area (TPSA) is 81.4 Å². The number of amides is 2. The number of methoxy groups -OCH3 is 1. The number of anilines is 1. The summed E-state index contributed by atoms with van der Waals surface area (Å²) in [5.41, 5.74) is 7.17. The SMILES string of the molecule is COc1ccc2cc([C@@H](C)C(=O)Nc3ccc(C(N)=O)cc3)ccc2c1. The van der Waals surface area contributed by atoms with E-state index in [0.717, 1.165) is 22.1 Å². The fraction of sp³-hybridized carbons (Fsp3) is 0.143. The van der Waals surface area contributed by atoms with E-state index in [0.29, 0.717) is 11.3 Å². The molecule has 5 heteroatoms. The van der Waals surface area contributed by atoms with Crippen molar-refractivity contribution in [2.75, 3.05) is 12.4 Å². The molecule has 0 aromatic heterocycles. The van der Waals surface area contributed by atoms with Crippen LogP contribution in [0.4, 0.5) is 5.69 Å². The van der Waals surface area contributed by atoms with E-state index in [2.05, 4.69) is 5.32 Å². The zero-order valence-electron chi connectivity index (χ0n) is 14.7. The number of benzene rings is 3. The van der Waals surface area contributed by atoms with Crippen molar-refractivity contribution in [2.24, 2.45) is 5.73 Å². The van der Waals surface area contributed by atoms with Gasteiger partial charge in [-0.15, -0.1) is 0 Å². The molecule has 3 N–H and O–H groups in total. The average Bonchev–Trinajstić information content (AvgIpc) is 2.66. The van der Waals surface area contributed by atoms with Crippen LogP contribution in [0.5, 0.6) is 5.75 Å². The van der Waals surface area contributed by atoms with Gasteiger partial charge in [-0.1, -0.05) is 24.3 Å².